The van der Waals surface area contributed by atoms with Gasteiger partial charge in [-0.2, -0.15) is 0 Å². The third-order valence-corrected chi connectivity index (χ3v) is 14.1. The van der Waals surface area contributed by atoms with Crippen molar-refractivity contribution in [2.45, 2.75) is 18.3 Å². The van der Waals surface area contributed by atoms with Crippen molar-refractivity contribution < 1.29 is 0 Å². The van der Waals surface area contributed by atoms with Crippen molar-refractivity contribution in [2.75, 3.05) is 9.80 Å². The number of nitrogens with zero attached hydrogens (tertiary/aromatic N) is 2. The molecule has 0 heterocycles. The van der Waals surface area contributed by atoms with Crippen molar-refractivity contribution in [3.8, 4) is 22.3 Å². The van der Waals surface area contributed by atoms with Crippen LogP contribution in [0.15, 0.2) is 232 Å². The Hall–Kier alpha value is -8.20. The van der Waals surface area contributed by atoms with Gasteiger partial charge in [0.1, 0.15) is 0 Å². The minimum absolute atomic E-state index is 0.0155. The van der Waals surface area contributed by atoms with Crippen LogP contribution < -0.4 is 9.80 Å². The first-order valence-corrected chi connectivity index (χ1v) is 22.5. The van der Waals surface area contributed by atoms with Crippen LogP contribution in [0.5, 0.6) is 0 Å². The monoisotopic (exact) mass is 830 g/mol. The standard InChI is InChI=1S/C63H46N2/c1-4-42-28-32-46(33-29-42)64(60-26-14-18-44-16-6-8-20-50(44)60)48-36-38-53-54-23-12-13-25-58(54)63(3)59-41-49(37-39-55(59)52-22-10-11-24-56(52)62(63)57(53)40-48)65(47-34-30-43(5-2)31-35-47)61-27-15-19-45-17-7-9-21-51(45)61/h4-41,62H,1-2H2,3H3. The summed E-state index contributed by atoms with van der Waals surface area (Å²) in [6.07, 6.45) is 3.82. The van der Waals surface area contributed by atoms with Gasteiger partial charge in [0.25, 0.3) is 0 Å². The highest BCUT2D eigenvalue weighted by atomic mass is 15.1. The predicted octanol–water partition coefficient (Wildman–Crippen LogP) is 17.3. The quantitative estimate of drug-likeness (QED) is 0.151. The molecule has 2 heteroatoms. The van der Waals surface area contributed by atoms with Gasteiger partial charge in [-0.25, -0.2) is 0 Å². The van der Waals surface area contributed by atoms with Crippen LogP contribution >= 0.6 is 0 Å². The van der Waals surface area contributed by atoms with Crippen LogP contribution in [-0.2, 0) is 5.41 Å². The van der Waals surface area contributed by atoms with E-state index in [0.29, 0.717) is 0 Å². The minimum atomic E-state index is -0.436. The molecule has 2 unspecified atom stereocenters. The van der Waals surface area contributed by atoms with Crippen molar-refractivity contribution in [2.24, 2.45) is 0 Å². The lowest BCUT2D eigenvalue weighted by Gasteiger charge is -2.49. The molecular formula is C63H46N2. The van der Waals surface area contributed by atoms with E-state index < -0.39 is 5.41 Å². The van der Waals surface area contributed by atoms with Gasteiger partial charge >= 0.3 is 0 Å². The number of anilines is 6. The van der Waals surface area contributed by atoms with Crippen molar-refractivity contribution in [1.82, 2.24) is 0 Å². The second-order valence-corrected chi connectivity index (χ2v) is 17.5. The summed E-state index contributed by atoms with van der Waals surface area (Å²) in [6.45, 7) is 10.6. The second kappa shape index (κ2) is 15.3. The summed E-state index contributed by atoms with van der Waals surface area (Å²) in [5.41, 5.74) is 18.9. The average Bonchev–Trinajstić information content (AvgIpc) is 3.37. The summed E-state index contributed by atoms with van der Waals surface area (Å²) in [5.74, 6) is 0.0155. The fourth-order valence-corrected chi connectivity index (χ4v) is 11.1. The largest absolute Gasteiger partial charge is 0.310 e. The Bertz CT molecular complexity index is 3500. The molecule has 0 aliphatic heterocycles. The molecule has 0 saturated carbocycles. The number of benzene rings is 10. The summed E-state index contributed by atoms with van der Waals surface area (Å²) in [6, 6.07) is 80.9. The molecule has 65 heavy (non-hydrogen) atoms. The van der Waals surface area contributed by atoms with Gasteiger partial charge in [0, 0.05) is 44.9 Å². The van der Waals surface area contributed by atoms with Crippen molar-refractivity contribution in [1.29, 1.82) is 0 Å². The molecule has 0 spiro atoms. The normalized spacial score (nSPS) is 15.5. The van der Waals surface area contributed by atoms with Gasteiger partial charge in [-0.15, -0.1) is 0 Å². The number of hydrogen-bond acceptors (Lipinski definition) is 2. The van der Waals surface area contributed by atoms with Gasteiger partial charge in [-0.05, 0) is 127 Å². The molecule has 0 bridgehead atoms. The molecule has 0 fully saturated rings. The Kier molecular flexibility index (Phi) is 9.03. The van der Waals surface area contributed by atoms with Gasteiger partial charge in [-0.1, -0.05) is 190 Å². The molecule has 2 aliphatic rings. The van der Waals surface area contributed by atoms with E-state index in [9.17, 15) is 0 Å². The molecule has 10 aromatic carbocycles. The summed E-state index contributed by atoms with van der Waals surface area (Å²) in [7, 11) is 0. The zero-order valence-electron chi connectivity index (χ0n) is 36.3. The molecule has 0 N–H and O–H groups in total. The summed E-state index contributed by atoms with van der Waals surface area (Å²) >= 11 is 0. The third-order valence-electron chi connectivity index (χ3n) is 14.1. The molecule has 0 aromatic heterocycles. The number of hydrogen-bond donors (Lipinski definition) is 0. The van der Waals surface area contributed by atoms with E-state index in [1.54, 1.807) is 0 Å². The summed E-state index contributed by atoms with van der Waals surface area (Å²) in [4.78, 5) is 4.88. The van der Waals surface area contributed by atoms with Crippen LogP contribution in [0.4, 0.5) is 34.1 Å². The molecule has 0 saturated heterocycles. The van der Waals surface area contributed by atoms with Crippen LogP contribution in [0.3, 0.4) is 0 Å². The summed E-state index contributed by atoms with van der Waals surface area (Å²) < 4.78 is 0. The zero-order valence-corrected chi connectivity index (χ0v) is 36.3. The molecular weight excluding hydrogens is 785 g/mol. The van der Waals surface area contributed by atoms with E-state index in [4.69, 9.17) is 0 Å². The number of fused-ring (bicyclic) bond motifs is 13. The molecule has 10 aromatic rings. The van der Waals surface area contributed by atoms with E-state index in [-0.39, 0.29) is 5.92 Å². The van der Waals surface area contributed by atoms with Crippen LogP contribution in [0.25, 0.3) is 56.0 Å². The van der Waals surface area contributed by atoms with Gasteiger partial charge < -0.3 is 9.80 Å². The van der Waals surface area contributed by atoms with Crippen molar-refractivity contribution in [3.05, 3.63) is 265 Å². The lowest BCUT2D eigenvalue weighted by atomic mass is 9.53. The van der Waals surface area contributed by atoms with Crippen LogP contribution in [0.2, 0.25) is 0 Å². The maximum Gasteiger partial charge on any atom is 0.0540 e. The average molecular weight is 831 g/mol. The van der Waals surface area contributed by atoms with Crippen LogP contribution in [0, 0.1) is 0 Å². The van der Waals surface area contributed by atoms with E-state index in [2.05, 4.69) is 248 Å². The lowest BCUT2D eigenvalue weighted by molar-refractivity contribution is 0.487. The van der Waals surface area contributed by atoms with Gasteiger partial charge in [0.05, 0.1) is 11.4 Å². The van der Waals surface area contributed by atoms with Crippen molar-refractivity contribution in [3.63, 3.8) is 0 Å². The van der Waals surface area contributed by atoms with Crippen LogP contribution in [0.1, 0.15) is 46.2 Å². The first kappa shape index (κ1) is 38.5. The molecule has 308 valence electrons. The van der Waals surface area contributed by atoms with E-state index in [0.717, 1.165) is 45.3 Å². The van der Waals surface area contributed by atoms with Gasteiger partial charge in [0.2, 0.25) is 0 Å². The van der Waals surface area contributed by atoms with Crippen molar-refractivity contribution >= 4 is 67.8 Å². The molecule has 12 rings (SSSR count). The smallest absolute Gasteiger partial charge is 0.0540 e. The minimum Gasteiger partial charge on any atom is -0.310 e. The first-order chi connectivity index (χ1) is 32.0. The highest BCUT2D eigenvalue weighted by Crippen LogP contribution is 2.63. The topological polar surface area (TPSA) is 6.48 Å². The van der Waals surface area contributed by atoms with E-state index >= 15 is 0 Å². The van der Waals surface area contributed by atoms with E-state index in [1.807, 2.05) is 12.2 Å². The third kappa shape index (κ3) is 6.02. The van der Waals surface area contributed by atoms with Gasteiger partial charge in [-0.3, -0.25) is 0 Å². The zero-order chi connectivity index (χ0) is 43.6. The van der Waals surface area contributed by atoms with Crippen LogP contribution in [-0.4, -0.2) is 0 Å². The molecule has 2 atom stereocenters. The lowest BCUT2D eigenvalue weighted by Crippen LogP contribution is -2.39. The highest BCUT2D eigenvalue weighted by molar-refractivity contribution is 6.01. The molecule has 2 aliphatic carbocycles. The Morgan fingerprint density at radius 1 is 0.385 bits per heavy atom. The Morgan fingerprint density at radius 2 is 0.831 bits per heavy atom. The fraction of sp³-hybridized carbons (Fsp3) is 0.0476. The molecule has 2 nitrogen and oxygen atoms in total. The summed E-state index contributed by atoms with van der Waals surface area (Å²) in [5, 5.41) is 4.82. The fourth-order valence-electron chi connectivity index (χ4n) is 11.1. The Labute approximate surface area is 381 Å². The predicted molar refractivity (Wildman–Crippen MR) is 277 cm³/mol. The molecule has 0 amide bonds. The molecule has 0 radical (unpaired) electrons. The highest BCUT2D eigenvalue weighted by Gasteiger charge is 2.50. The van der Waals surface area contributed by atoms with E-state index in [1.165, 1.54) is 66.1 Å². The Morgan fingerprint density at radius 3 is 1.43 bits per heavy atom. The first-order valence-electron chi connectivity index (χ1n) is 22.5. The maximum atomic E-state index is 4.05. The van der Waals surface area contributed by atoms with Gasteiger partial charge in [0.15, 0.2) is 0 Å². The Balaban J connectivity index is 1.11. The SMILES string of the molecule is C=Cc1ccc(N(c2ccc3c(c2)C2c4ccccc4-c4ccc(N(c5ccc(C=C)cc5)c5cccc6ccccc56)cc4C2(C)c2ccccc2-3)c2cccc3ccccc23)cc1. The number of rotatable bonds is 8. The maximum absolute atomic E-state index is 4.05. The second-order valence-electron chi connectivity index (χ2n) is 17.5.